The van der Waals surface area contributed by atoms with Crippen LogP contribution in [0, 0.1) is 0 Å². The minimum absolute atomic E-state index is 0.189. The maximum Gasteiger partial charge on any atom is 0.237 e. The minimum Gasteiger partial charge on any atom is -0.381 e. The van der Waals surface area contributed by atoms with E-state index in [4.69, 9.17) is 4.74 Å². The Labute approximate surface area is 85.6 Å². The second kappa shape index (κ2) is 5.98. The van der Waals surface area contributed by atoms with Crippen LogP contribution in [-0.2, 0) is 9.53 Å². The Bertz CT molecular complexity index is 185. The highest BCUT2D eigenvalue weighted by Crippen LogP contribution is 2.04. The van der Waals surface area contributed by atoms with Crippen LogP contribution < -0.4 is 5.32 Å². The van der Waals surface area contributed by atoms with Gasteiger partial charge in [-0.25, -0.2) is 0 Å². The normalized spacial score (nSPS) is 22.0. The first-order valence-electron chi connectivity index (χ1n) is 5.36. The Kier molecular flexibility index (Phi) is 4.90. The van der Waals surface area contributed by atoms with Gasteiger partial charge in [-0.15, -0.1) is 0 Å². The minimum atomic E-state index is 0.189. The van der Waals surface area contributed by atoms with Crippen molar-refractivity contribution in [3.63, 3.8) is 0 Å². The third kappa shape index (κ3) is 3.27. The van der Waals surface area contributed by atoms with Crippen LogP contribution in [0.5, 0.6) is 0 Å². The smallest absolute Gasteiger partial charge is 0.237 e. The van der Waals surface area contributed by atoms with Gasteiger partial charge in [0.15, 0.2) is 0 Å². The summed E-state index contributed by atoms with van der Waals surface area (Å²) in [6.45, 7) is 6.97. The Morgan fingerprint density at radius 2 is 2.36 bits per heavy atom. The van der Waals surface area contributed by atoms with E-state index >= 15 is 0 Å². The van der Waals surface area contributed by atoms with Gasteiger partial charge < -0.3 is 9.64 Å². The van der Waals surface area contributed by atoms with E-state index in [2.05, 4.69) is 12.2 Å². The van der Waals surface area contributed by atoms with E-state index in [0.29, 0.717) is 6.54 Å². The van der Waals surface area contributed by atoms with E-state index in [9.17, 15) is 4.79 Å². The van der Waals surface area contributed by atoms with Gasteiger partial charge in [0.05, 0.1) is 12.7 Å². The van der Waals surface area contributed by atoms with Crippen molar-refractivity contribution in [2.75, 3.05) is 26.3 Å². The summed E-state index contributed by atoms with van der Waals surface area (Å²) in [5.41, 5.74) is 0. The molecule has 1 fully saturated rings. The largest absolute Gasteiger partial charge is 0.381 e. The van der Waals surface area contributed by atoms with Crippen LogP contribution in [-0.4, -0.2) is 43.3 Å². The molecule has 0 radical (unpaired) electrons. The maximum absolute atomic E-state index is 11.3. The Morgan fingerprint density at radius 1 is 1.57 bits per heavy atom. The molecule has 82 valence electrons. The van der Waals surface area contributed by atoms with Gasteiger partial charge in [-0.3, -0.25) is 10.1 Å². The second-order valence-corrected chi connectivity index (χ2v) is 3.61. The molecule has 0 aromatic rings. The molecule has 0 aromatic carbocycles. The zero-order valence-corrected chi connectivity index (χ0v) is 9.08. The lowest BCUT2D eigenvalue weighted by Gasteiger charge is -2.20. The van der Waals surface area contributed by atoms with Gasteiger partial charge in [0.25, 0.3) is 0 Å². The standard InChI is InChI=1S/C10H20N2O2/c1-3-6-14-7-4-5-12-9(2)11-8-10(12)13/h9,11H,3-8H2,1-2H3. The average molecular weight is 200 g/mol. The predicted molar refractivity (Wildman–Crippen MR) is 54.9 cm³/mol. The molecule has 14 heavy (non-hydrogen) atoms. The van der Waals surface area contributed by atoms with Gasteiger partial charge in [-0.2, -0.15) is 0 Å². The SMILES string of the molecule is CCCOCCCN1C(=O)CNC1C. The summed E-state index contributed by atoms with van der Waals surface area (Å²) in [6, 6.07) is 0. The van der Waals surface area contributed by atoms with Crippen LogP contribution in [0.25, 0.3) is 0 Å². The molecule has 0 aliphatic carbocycles. The van der Waals surface area contributed by atoms with Gasteiger partial charge in [0, 0.05) is 19.8 Å². The summed E-state index contributed by atoms with van der Waals surface area (Å²) >= 11 is 0. The van der Waals surface area contributed by atoms with E-state index in [0.717, 1.165) is 32.6 Å². The second-order valence-electron chi connectivity index (χ2n) is 3.61. The number of carbonyl (C=O) groups excluding carboxylic acids is 1. The molecule has 1 N–H and O–H groups in total. The molecule has 1 amide bonds. The van der Waals surface area contributed by atoms with Crippen LogP contribution >= 0.6 is 0 Å². The van der Waals surface area contributed by atoms with Gasteiger partial charge in [0.1, 0.15) is 0 Å². The van der Waals surface area contributed by atoms with Crippen molar-refractivity contribution in [3.05, 3.63) is 0 Å². The first-order valence-corrected chi connectivity index (χ1v) is 5.36. The number of amides is 1. The van der Waals surface area contributed by atoms with Crippen LogP contribution in [0.1, 0.15) is 26.7 Å². The summed E-state index contributed by atoms with van der Waals surface area (Å²) in [4.78, 5) is 13.2. The predicted octanol–water partition coefficient (Wildman–Crippen LogP) is 0.581. The molecule has 4 heteroatoms. The summed E-state index contributed by atoms with van der Waals surface area (Å²) in [6.07, 6.45) is 2.17. The van der Waals surface area contributed by atoms with Gasteiger partial charge >= 0.3 is 0 Å². The highest BCUT2D eigenvalue weighted by Gasteiger charge is 2.25. The van der Waals surface area contributed by atoms with Crippen molar-refractivity contribution < 1.29 is 9.53 Å². The van der Waals surface area contributed by atoms with Crippen molar-refractivity contribution in [2.45, 2.75) is 32.9 Å². The van der Waals surface area contributed by atoms with Crippen LogP contribution in [0.2, 0.25) is 0 Å². The van der Waals surface area contributed by atoms with Crippen molar-refractivity contribution >= 4 is 5.91 Å². The van der Waals surface area contributed by atoms with Crippen LogP contribution in [0.3, 0.4) is 0 Å². The van der Waals surface area contributed by atoms with Crippen molar-refractivity contribution in [1.29, 1.82) is 0 Å². The van der Waals surface area contributed by atoms with Crippen LogP contribution in [0.15, 0.2) is 0 Å². The summed E-state index contributed by atoms with van der Waals surface area (Å²) < 4.78 is 5.35. The Morgan fingerprint density at radius 3 is 2.93 bits per heavy atom. The number of nitrogens with zero attached hydrogens (tertiary/aromatic N) is 1. The highest BCUT2D eigenvalue weighted by atomic mass is 16.5. The molecule has 0 aromatic heterocycles. The van der Waals surface area contributed by atoms with E-state index in [1.165, 1.54) is 0 Å². The summed E-state index contributed by atoms with van der Waals surface area (Å²) in [7, 11) is 0. The molecule has 4 nitrogen and oxygen atoms in total. The van der Waals surface area contributed by atoms with Crippen molar-refractivity contribution in [3.8, 4) is 0 Å². The lowest BCUT2D eigenvalue weighted by atomic mass is 10.4. The molecule has 1 heterocycles. The fraction of sp³-hybridized carbons (Fsp3) is 0.900. The lowest BCUT2D eigenvalue weighted by molar-refractivity contribution is -0.127. The van der Waals surface area contributed by atoms with Gasteiger partial charge in [-0.1, -0.05) is 6.92 Å². The number of nitrogens with one attached hydrogen (secondary N) is 1. The third-order valence-corrected chi connectivity index (χ3v) is 2.37. The quantitative estimate of drug-likeness (QED) is 0.638. The highest BCUT2D eigenvalue weighted by molar-refractivity contribution is 5.80. The molecular weight excluding hydrogens is 180 g/mol. The molecule has 0 saturated carbocycles. The van der Waals surface area contributed by atoms with E-state index in [1.54, 1.807) is 0 Å². The Hall–Kier alpha value is -0.610. The first-order chi connectivity index (χ1) is 6.75. The van der Waals surface area contributed by atoms with E-state index in [-0.39, 0.29) is 12.1 Å². The zero-order valence-electron chi connectivity index (χ0n) is 9.08. The molecule has 0 spiro atoms. The van der Waals surface area contributed by atoms with E-state index in [1.807, 2.05) is 11.8 Å². The molecular formula is C10H20N2O2. The number of carbonyl (C=O) groups is 1. The molecule has 1 aliphatic rings. The molecule has 0 bridgehead atoms. The molecule has 1 unspecified atom stereocenters. The van der Waals surface area contributed by atoms with E-state index < -0.39 is 0 Å². The lowest BCUT2D eigenvalue weighted by Crippen LogP contribution is -2.35. The van der Waals surface area contributed by atoms with Crippen molar-refractivity contribution in [2.24, 2.45) is 0 Å². The van der Waals surface area contributed by atoms with Crippen LogP contribution in [0.4, 0.5) is 0 Å². The number of rotatable bonds is 6. The summed E-state index contributed by atoms with van der Waals surface area (Å²) in [5.74, 6) is 0.202. The fourth-order valence-electron chi connectivity index (χ4n) is 1.56. The molecule has 1 saturated heterocycles. The number of hydrogen-bond donors (Lipinski definition) is 1. The topological polar surface area (TPSA) is 41.6 Å². The number of ether oxygens (including phenoxy) is 1. The zero-order chi connectivity index (χ0) is 10.4. The average Bonchev–Trinajstić information content (AvgIpc) is 2.48. The van der Waals surface area contributed by atoms with Crippen molar-refractivity contribution in [1.82, 2.24) is 10.2 Å². The number of hydrogen-bond acceptors (Lipinski definition) is 3. The maximum atomic E-state index is 11.3. The first kappa shape index (κ1) is 11.5. The molecule has 1 rings (SSSR count). The monoisotopic (exact) mass is 200 g/mol. The molecule has 1 atom stereocenters. The molecule has 1 aliphatic heterocycles. The van der Waals surface area contributed by atoms with Gasteiger partial charge in [0.2, 0.25) is 5.91 Å². The fourth-order valence-corrected chi connectivity index (χ4v) is 1.56. The van der Waals surface area contributed by atoms with Gasteiger partial charge in [-0.05, 0) is 19.8 Å². The Balaban J connectivity index is 2.08. The summed E-state index contributed by atoms with van der Waals surface area (Å²) in [5, 5.41) is 3.11. The third-order valence-electron chi connectivity index (χ3n) is 2.37.